The molecule has 0 aliphatic heterocycles. The molecule has 0 aromatic heterocycles. The predicted molar refractivity (Wildman–Crippen MR) is 88.3 cm³/mol. The quantitative estimate of drug-likeness (QED) is 0.806. The Balaban J connectivity index is 1.83. The molecule has 1 N–H and O–H groups in total. The summed E-state index contributed by atoms with van der Waals surface area (Å²) >= 11 is 0. The Morgan fingerprint density at radius 3 is 2.48 bits per heavy atom. The van der Waals surface area contributed by atoms with E-state index in [1.165, 1.54) is 19.2 Å². The lowest BCUT2D eigenvalue weighted by atomic mass is 10.1. The van der Waals surface area contributed by atoms with Crippen molar-refractivity contribution in [3.8, 4) is 5.75 Å². The molecule has 0 aliphatic rings. The van der Waals surface area contributed by atoms with Crippen LogP contribution in [0.15, 0.2) is 48.5 Å². The summed E-state index contributed by atoms with van der Waals surface area (Å²) in [5, 5.41) is 0. The average molecular weight is 337 g/mol. The van der Waals surface area contributed by atoms with Gasteiger partial charge in [-0.25, -0.2) is 17.5 Å². The van der Waals surface area contributed by atoms with E-state index in [1.54, 1.807) is 6.07 Å². The Hall–Kier alpha value is -1.92. The van der Waals surface area contributed by atoms with Crippen LogP contribution in [-0.4, -0.2) is 21.3 Å². The third-order valence-electron chi connectivity index (χ3n) is 3.43. The number of nitrogens with one attached hydrogen (secondary N) is 1. The van der Waals surface area contributed by atoms with Crippen molar-refractivity contribution in [1.29, 1.82) is 0 Å². The van der Waals surface area contributed by atoms with Crippen LogP contribution in [0.25, 0.3) is 0 Å². The van der Waals surface area contributed by atoms with E-state index in [1.807, 2.05) is 30.3 Å². The SMILES string of the molecule is COc1ccc(CNS(=O)(=O)CCCc2ccccc2)cc1F. The summed E-state index contributed by atoms with van der Waals surface area (Å²) in [5.74, 6) is -0.326. The summed E-state index contributed by atoms with van der Waals surface area (Å²) in [7, 11) is -2.00. The molecule has 124 valence electrons. The molecule has 4 nitrogen and oxygen atoms in total. The van der Waals surface area contributed by atoms with Crippen molar-refractivity contribution in [3.05, 3.63) is 65.5 Å². The minimum absolute atomic E-state index is 0.0422. The number of halogens is 1. The topological polar surface area (TPSA) is 55.4 Å². The third-order valence-corrected chi connectivity index (χ3v) is 4.84. The van der Waals surface area contributed by atoms with Crippen molar-refractivity contribution < 1.29 is 17.5 Å². The Morgan fingerprint density at radius 1 is 1.09 bits per heavy atom. The van der Waals surface area contributed by atoms with Crippen LogP contribution in [0.4, 0.5) is 4.39 Å². The fourth-order valence-electron chi connectivity index (χ4n) is 2.20. The zero-order valence-electron chi connectivity index (χ0n) is 13.0. The zero-order valence-corrected chi connectivity index (χ0v) is 13.8. The van der Waals surface area contributed by atoms with Crippen LogP contribution in [-0.2, 0) is 23.0 Å². The molecule has 0 spiro atoms. The molecule has 0 fully saturated rings. The summed E-state index contributed by atoms with van der Waals surface area (Å²) in [6.07, 6.45) is 1.25. The largest absolute Gasteiger partial charge is 0.494 e. The molecule has 0 atom stereocenters. The zero-order chi connectivity index (χ0) is 16.7. The van der Waals surface area contributed by atoms with Crippen LogP contribution >= 0.6 is 0 Å². The first-order valence-corrected chi connectivity index (χ1v) is 8.99. The highest BCUT2D eigenvalue weighted by Crippen LogP contribution is 2.17. The second-order valence-electron chi connectivity index (χ2n) is 5.20. The maximum absolute atomic E-state index is 13.6. The number of hydrogen-bond donors (Lipinski definition) is 1. The highest BCUT2D eigenvalue weighted by Gasteiger charge is 2.11. The summed E-state index contributed by atoms with van der Waals surface area (Å²) in [4.78, 5) is 0. The van der Waals surface area contributed by atoms with Gasteiger partial charge in [-0.05, 0) is 36.1 Å². The normalized spacial score (nSPS) is 11.4. The van der Waals surface area contributed by atoms with Gasteiger partial charge >= 0.3 is 0 Å². The lowest BCUT2D eigenvalue weighted by Crippen LogP contribution is -2.26. The molecular weight excluding hydrogens is 317 g/mol. The maximum atomic E-state index is 13.6. The molecule has 0 unspecified atom stereocenters. The first kappa shape index (κ1) is 17.4. The molecule has 23 heavy (non-hydrogen) atoms. The first-order valence-electron chi connectivity index (χ1n) is 7.34. The first-order chi connectivity index (χ1) is 11.0. The van der Waals surface area contributed by atoms with Gasteiger partial charge in [-0.2, -0.15) is 0 Å². The van der Waals surface area contributed by atoms with E-state index >= 15 is 0 Å². The van der Waals surface area contributed by atoms with E-state index in [0.29, 0.717) is 18.4 Å². The van der Waals surface area contributed by atoms with Gasteiger partial charge in [-0.1, -0.05) is 36.4 Å². The number of methoxy groups -OCH3 is 1. The predicted octanol–water partition coefficient (Wildman–Crippen LogP) is 2.89. The van der Waals surface area contributed by atoms with Gasteiger partial charge < -0.3 is 4.74 Å². The standard InChI is InChI=1S/C17H20FNO3S/c1-22-17-10-9-15(12-16(17)18)13-19-23(20,21)11-5-8-14-6-3-2-4-7-14/h2-4,6-7,9-10,12,19H,5,8,11,13H2,1H3. The molecular formula is C17H20FNO3S. The average Bonchev–Trinajstić information content (AvgIpc) is 2.54. The maximum Gasteiger partial charge on any atom is 0.211 e. The lowest BCUT2D eigenvalue weighted by molar-refractivity contribution is 0.386. The van der Waals surface area contributed by atoms with Crippen LogP contribution in [0.1, 0.15) is 17.5 Å². The van der Waals surface area contributed by atoms with Gasteiger partial charge in [0.15, 0.2) is 11.6 Å². The number of sulfonamides is 1. The van der Waals surface area contributed by atoms with E-state index in [9.17, 15) is 12.8 Å². The lowest BCUT2D eigenvalue weighted by Gasteiger charge is -2.08. The van der Waals surface area contributed by atoms with Crippen LogP contribution < -0.4 is 9.46 Å². The van der Waals surface area contributed by atoms with Crippen molar-refractivity contribution in [2.24, 2.45) is 0 Å². The van der Waals surface area contributed by atoms with Gasteiger partial charge in [0, 0.05) is 6.54 Å². The summed E-state index contributed by atoms with van der Waals surface area (Å²) in [6.45, 7) is 0.0641. The van der Waals surface area contributed by atoms with Crippen LogP contribution in [0.3, 0.4) is 0 Å². The van der Waals surface area contributed by atoms with Crippen molar-refractivity contribution in [3.63, 3.8) is 0 Å². The van der Waals surface area contributed by atoms with Crippen LogP contribution in [0.2, 0.25) is 0 Å². The smallest absolute Gasteiger partial charge is 0.211 e. The fourth-order valence-corrected chi connectivity index (χ4v) is 3.25. The van der Waals surface area contributed by atoms with Crippen LogP contribution in [0, 0.1) is 5.82 Å². The molecule has 2 aromatic carbocycles. The highest BCUT2D eigenvalue weighted by atomic mass is 32.2. The molecule has 2 rings (SSSR count). The van der Waals surface area contributed by atoms with Crippen molar-refractivity contribution in [2.75, 3.05) is 12.9 Å². The number of aryl methyl sites for hydroxylation is 1. The molecule has 0 saturated heterocycles. The number of benzene rings is 2. The number of ether oxygens (including phenoxy) is 1. The molecule has 0 radical (unpaired) electrons. The van der Waals surface area contributed by atoms with E-state index < -0.39 is 15.8 Å². The van der Waals surface area contributed by atoms with Crippen LogP contribution in [0.5, 0.6) is 5.75 Å². The second-order valence-corrected chi connectivity index (χ2v) is 7.12. The molecule has 2 aromatic rings. The molecule has 0 aliphatic carbocycles. The van der Waals surface area contributed by atoms with Gasteiger partial charge in [0.1, 0.15) is 0 Å². The van der Waals surface area contributed by atoms with Gasteiger partial charge in [-0.15, -0.1) is 0 Å². The minimum Gasteiger partial charge on any atom is -0.494 e. The van der Waals surface area contributed by atoms with Gasteiger partial charge in [-0.3, -0.25) is 0 Å². The van der Waals surface area contributed by atoms with E-state index in [0.717, 1.165) is 5.56 Å². The molecule has 6 heteroatoms. The van der Waals surface area contributed by atoms with E-state index in [4.69, 9.17) is 4.74 Å². The van der Waals surface area contributed by atoms with Crippen molar-refractivity contribution in [2.45, 2.75) is 19.4 Å². The molecule has 0 amide bonds. The Labute approximate surface area is 136 Å². The number of rotatable bonds is 8. The highest BCUT2D eigenvalue weighted by molar-refractivity contribution is 7.89. The van der Waals surface area contributed by atoms with Crippen molar-refractivity contribution >= 4 is 10.0 Å². The molecule has 0 heterocycles. The summed E-state index contributed by atoms with van der Waals surface area (Å²) in [6, 6.07) is 14.1. The van der Waals surface area contributed by atoms with Gasteiger partial charge in [0.2, 0.25) is 10.0 Å². The van der Waals surface area contributed by atoms with Crippen molar-refractivity contribution in [1.82, 2.24) is 4.72 Å². The molecule has 0 saturated carbocycles. The molecule has 0 bridgehead atoms. The Morgan fingerprint density at radius 2 is 1.83 bits per heavy atom. The summed E-state index contributed by atoms with van der Waals surface area (Å²) < 4.78 is 44.8. The second kappa shape index (κ2) is 8.08. The number of hydrogen-bond acceptors (Lipinski definition) is 3. The minimum atomic E-state index is -3.38. The van der Waals surface area contributed by atoms with E-state index in [-0.39, 0.29) is 18.0 Å². The Bertz CT molecular complexity index is 733. The van der Waals surface area contributed by atoms with Gasteiger partial charge in [0.05, 0.1) is 12.9 Å². The summed E-state index contributed by atoms with van der Waals surface area (Å²) in [5.41, 5.74) is 1.66. The Kier molecular flexibility index (Phi) is 6.12. The van der Waals surface area contributed by atoms with E-state index in [2.05, 4.69) is 4.72 Å². The van der Waals surface area contributed by atoms with Gasteiger partial charge in [0.25, 0.3) is 0 Å². The fraction of sp³-hybridized carbons (Fsp3) is 0.294. The third kappa shape index (κ3) is 5.65. The monoisotopic (exact) mass is 337 g/mol.